The molecule has 0 aliphatic carbocycles. The van der Waals surface area contributed by atoms with Crippen LogP contribution in [0.4, 0.5) is 11.8 Å². The summed E-state index contributed by atoms with van der Waals surface area (Å²) in [6.45, 7) is 2.69. The Morgan fingerprint density at radius 1 is 1.16 bits per heavy atom. The van der Waals surface area contributed by atoms with E-state index in [2.05, 4.69) is 26.3 Å². The quantitative estimate of drug-likeness (QED) is 0.743. The zero-order valence-corrected chi connectivity index (χ0v) is 14.2. The van der Waals surface area contributed by atoms with Crippen molar-refractivity contribution in [3.05, 3.63) is 53.3 Å². The zero-order valence-electron chi connectivity index (χ0n) is 13.5. The van der Waals surface area contributed by atoms with Gasteiger partial charge in [0.15, 0.2) is 0 Å². The van der Waals surface area contributed by atoms with Crippen molar-refractivity contribution < 1.29 is 0 Å². The highest BCUT2D eigenvalue weighted by molar-refractivity contribution is 6.30. The number of anilines is 2. The van der Waals surface area contributed by atoms with Crippen molar-refractivity contribution in [3.63, 3.8) is 0 Å². The number of nitrogen functional groups attached to an aromatic ring is 1. The summed E-state index contributed by atoms with van der Waals surface area (Å²) in [4.78, 5) is 12.8. The molecule has 3 rings (SSSR count). The van der Waals surface area contributed by atoms with Crippen LogP contribution in [0.2, 0.25) is 5.02 Å². The number of aromatic nitrogens is 3. The molecule has 0 aliphatic heterocycles. The van der Waals surface area contributed by atoms with Crippen molar-refractivity contribution in [3.8, 4) is 28.5 Å². The Balaban J connectivity index is 2.11. The maximum atomic E-state index is 9.46. The van der Waals surface area contributed by atoms with Crippen molar-refractivity contribution in [2.45, 2.75) is 6.92 Å². The molecule has 0 spiro atoms. The SMILES string of the molecule is CCNc1ncc(-c2cc(-c3ccc(Cl)cc3)nc(N)c2C#N)cn1. The van der Waals surface area contributed by atoms with E-state index < -0.39 is 0 Å². The fourth-order valence-corrected chi connectivity index (χ4v) is 2.52. The van der Waals surface area contributed by atoms with Gasteiger partial charge in [-0.25, -0.2) is 15.0 Å². The Hall–Kier alpha value is -3.17. The summed E-state index contributed by atoms with van der Waals surface area (Å²) in [5, 5.41) is 13.1. The molecule has 3 aromatic rings. The van der Waals surface area contributed by atoms with Crippen molar-refractivity contribution in [2.24, 2.45) is 0 Å². The van der Waals surface area contributed by atoms with Crippen LogP contribution in [0.1, 0.15) is 12.5 Å². The molecule has 1 aromatic carbocycles. The van der Waals surface area contributed by atoms with E-state index in [0.29, 0.717) is 33.4 Å². The normalized spacial score (nSPS) is 10.3. The van der Waals surface area contributed by atoms with Crippen LogP contribution < -0.4 is 11.1 Å². The first-order valence-corrected chi connectivity index (χ1v) is 8.03. The number of nitrogens with two attached hydrogens (primary N) is 1. The number of pyridine rings is 1. The van der Waals surface area contributed by atoms with E-state index >= 15 is 0 Å². The lowest BCUT2D eigenvalue weighted by molar-refractivity contribution is 1.09. The van der Waals surface area contributed by atoms with Gasteiger partial charge in [-0.2, -0.15) is 5.26 Å². The highest BCUT2D eigenvalue weighted by Gasteiger charge is 2.14. The zero-order chi connectivity index (χ0) is 17.8. The molecule has 2 heterocycles. The molecule has 0 saturated carbocycles. The smallest absolute Gasteiger partial charge is 0.222 e. The molecule has 0 atom stereocenters. The number of hydrogen-bond acceptors (Lipinski definition) is 6. The van der Waals surface area contributed by atoms with Crippen LogP contribution in [0, 0.1) is 11.3 Å². The Kier molecular flexibility index (Phi) is 4.78. The Morgan fingerprint density at radius 2 is 1.84 bits per heavy atom. The minimum absolute atomic E-state index is 0.167. The number of nitriles is 1. The molecule has 0 aliphatic rings. The van der Waals surface area contributed by atoms with Crippen molar-refractivity contribution >= 4 is 23.4 Å². The third kappa shape index (κ3) is 3.52. The molecular formula is C18H15ClN6. The van der Waals surface area contributed by atoms with Gasteiger partial charge in [0.2, 0.25) is 5.95 Å². The Labute approximate surface area is 150 Å². The lowest BCUT2D eigenvalue weighted by Crippen LogP contribution is -2.03. The van der Waals surface area contributed by atoms with E-state index in [0.717, 1.165) is 12.1 Å². The minimum atomic E-state index is 0.167. The third-order valence-corrected chi connectivity index (χ3v) is 3.85. The van der Waals surface area contributed by atoms with E-state index in [9.17, 15) is 5.26 Å². The standard InChI is InChI=1S/C18H15ClN6/c1-2-22-18-23-9-12(10-24-18)14-7-16(25-17(21)15(14)8-20)11-3-5-13(19)6-4-11/h3-7,9-10H,2H2,1H3,(H2,21,25)(H,22,23,24). The molecule has 6 nitrogen and oxygen atoms in total. The van der Waals surface area contributed by atoms with Crippen molar-refractivity contribution in [1.82, 2.24) is 15.0 Å². The van der Waals surface area contributed by atoms with Crippen LogP contribution in [-0.4, -0.2) is 21.5 Å². The number of hydrogen-bond donors (Lipinski definition) is 2. The van der Waals surface area contributed by atoms with E-state index in [1.807, 2.05) is 25.1 Å². The molecular weight excluding hydrogens is 336 g/mol. The van der Waals surface area contributed by atoms with Gasteiger partial charge >= 0.3 is 0 Å². The molecule has 0 amide bonds. The summed E-state index contributed by atoms with van der Waals surface area (Å²) in [6, 6.07) is 11.2. The molecule has 0 radical (unpaired) electrons. The molecule has 0 unspecified atom stereocenters. The van der Waals surface area contributed by atoms with Gasteiger partial charge in [0.25, 0.3) is 0 Å². The van der Waals surface area contributed by atoms with Crippen molar-refractivity contribution in [1.29, 1.82) is 5.26 Å². The monoisotopic (exact) mass is 350 g/mol. The molecule has 0 bridgehead atoms. The van der Waals surface area contributed by atoms with Crippen LogP contribution >= 0.6 is 11.6 Å². The number of nitrogens with one attached hydrogen (secondary N) is 1. The van der Waals surface area contributed by atoms with Crippen LogP contribution in [-0.2, 0) is 0 Å². The van der Waals surface area contributed by atoms with E-state index in [-0.39, 0.29) is 5.82 Å². The lowest BCUT2D eigenvalue weighted by atomic mass is 10.0. The van der Waals surface area contributed by atoms with Gasteiger partial charge < -0.3 is 11.1 Å². The predicted molar refractivity (Wildman–Crippen MR) is 99.0 cm³/mol. The molecule has 124 valence electrons. The summed E-state index contributed by atoms with van der Waals surface area (Å²) in [5.74, 6) is 0.699. The summed E-state index contributed by atoms with van der Waals surface area (Å²) in [7, 11) is 0. The van der Waals surface area contributed by atoms with Crippen LogP contribution in [0.5, 0.6) is 0 Å². The fourth-order valence-electron chi connectivity index (χ4n) is 2.40. The lowest BCUT2D eigenvalue weighted by Gasteiger charge is -2.10. The summed E-state index contributed by atoms with van der Waals surface area (Å²) in [5.41, 5.74) is 9.15. The maximum absolute atomic E-state index is 9.46. The van der Waals surface area contributed by atoms with Gasteiger partial charge in [-0.3, -0.25) is 0 Å². The number of halogens is 1. The molecule has 7 heteroatoms. The Bertz CT molecular complexity index is 930. The van der Waals surface area contributed by atoms with Gasteiger partial charge in [-0.05, 0) is 25.1 Å². The molecule has 3 N–H and O–H groups in total. The molecule has 25 heavy (non-hydrogen) atoms. The first-order valence-electron chi connectivity index (χ1n) is 7.65. The Morgan fingerprint density at radius 3 is 2.44 bits per heavy atom. The maximum Gasteiger partial charge on any atom is 0.222 e. The summed E-state index contributed by atoms with van der Waals surface area (Å²) < 4.78 is 0. The average molecular weight is 351 g/mol. The second-order valence-electron chi connectivity index (χ2n) is 5.26. The largest absolute Gasteiger partial charge is 0.383 e. The molecule has 2 aromatic heterocycles. The van der Waals surface area contributed by atoms with E-state index in [1.165, 1.54) is 0 Å². The number of nitrogens with zero attached hydrogens (tertiary/aromatic N) is 4. The van der Waals surface area contributed by atoms with Gasteiger partial charge in [0.05, 0.1) is 5.69 Å². The average Bonchev–Trinajstić information content (AvgIpc) is 2.62. The highest BCUT2D eigenvalue weighted by Crippen LogP contribution is 2.31. The van der Waals surface area contributed by atoms with E-state index in [4.69, 9.17) is 17.3 Å². The third-order valence-electron chi connectivity index (χ3n) is 3.60. The van der Waals surface area contributed by atoms with E-state index in [1.54, 1.807) is 24.5 Å². The number of benzene rings is 1. The predicted octanol–water partition coefficient (Wildman–Crippen LogP) is 3.74. The number of rotatable bonds is 4. The topological polar surface area (TPSA) is 101 Å². The molecule has 0 fully saturated rings. The molecule has 0 saturated heterocycles. The van der Waals surface area contributed by atoms with Gasteiger partial charge in [-0.1, -0.05) is 23.7 Å². The van der Waals surface area contributed by atoms with Gasteiger partial charge in [0, 0.05) is 40.7 Å². The highest BCUT2D eigenvalue weighted by atomic mass is 35.5. The minimum Gasteiger partial charge on any atom is -0.383 e. The first kappa shape index (κ1) is 16.7. The van der Waals surface area contributed by atoms with Crippen molar-refractivity contribution in [2.75, 3.05) is 17.6 Å². The van der Waals surface area contributed by atoms with Crippen LogP contribution in [0.15, 0.2) is 42.7 Å². The second-order valence-corrected chi connectivity index (χ2v) is 5.70. The summed E-state index contributed by atoms with van der Waals surface area (Å²) >= 11 is 5.94. The second kappa shape index (κ2) is 7.16. The van der Waals surface area contributed by atoms with Crippen LogP contribution in [0.3, 0.4) is 0 Å². The van der Waals surface area contributed by atoms with Gasteiger partial charge in [0.1, 0.15) is 17.5 Å². The fraction of sp³-hybridized carbons (Fsp3) is 0.111. The first-order chi connectivity index (χ1) is 12.1. The van der Waals surface area contributed by atoms with Gasteiger partial charge in [-0.15, -0.1) is 0 Å². The summed E-state index contributed by atoms with van der Waals surface area (Å²) in [6.07, 6.45) is 3.32. The van der Waals surface area contributed by atoms with Crippen LogP contribution in [0.25, 0.3) is 22.4 Å².